The first-order valence-corrected chi connectivity index (χ1v) is 11.6. The van der Waals surface area contributed by atoms with Gasteiger partial charge in [-0.1, -0.05) is 13.2 Å². The smallest absolute Gasteiger partial charge is 0.407 e. The fourth-order valence-electron chi connectivity index (χ4n) is 1.75. The molecular formula is C20H32N2O8S2. The van der Waals surface area contributed by atoms with E-state index in [4.69, 9.17) is 18.9 Å². The molecule has 0 radical (unpaired) electrons. The van der Waals surface area contributed by atoms with Crippen LogP contribution in [0.25, 0.3) is 0 Å². The highest BCUT2D eigenvalue weighted by Gasteiger charge is 2.17. The first-order valence-electron chi connectivity index (χ1n) is 9.86. The summed E-state index contributed by atoms with van der Waals surface area (Å²) in [4.78, 5) is 46.3. The standard InChI is InChI=1S/C20H32N2O8S2/c1-14(2)17(23)27-8-6-21-19(25)29-12-16(13-32-11-5-10-31)30-20(26)22-7-9-28-18(24)15(3)4/h16,31H,1,3,5-13H2,2,4H3,(H,21,25)(H,22,26). The molecule has 0 heterocycles. The van der Waals surface area contributed by atoms with Gasteiger partial charge in [0.2, 0.25) is 0 Å². The lowest BCUT2D eigenvalue weighted by Gasteiger charge is -2.18. The van der Waals surface area contributed by atoms with Gasteiger partial charge in [-0.25, -0.2) is 19.2 Å². The Hall–Kier alpha value is -2.34. The number of alkyl carbamates (subject to hydrolysis) is 2. The maximum Gasteiger partial charge on any atom is 0.407 e. The van der Waals surface area contributed by atoms with Crippen molar-refractivity contribution < 1.29 is 38.1 Å². The van der Waals surface area contributed by atoms with Gasteiger partial charge in [0.05, 0.1) is 13.1 Å². The van der Waals surface area contributed by atoms with Crippen LogP contribution >= 0.6 is 24.4 Å². The Balaban J connectivity index is 4.33. The van der Waals surface area contributed by atoms with Crippen LogP contribution in [0, 0.1) is 0 Å². The SMILES string of the molecule is C=C(C)C(=O)OCCNC(=O)OCC(CSCCCS)OC(=O)NCCOC(=O)C(=C)C. The van der Waals surface area contributed by atoms with E-state index in [0.717, 1.165) is 17.9 Å². The Morgan fingerprint density at radius 3 is 1.94 bits per heavy atom. The van der Waals surface area contributed by atoms with E-state index >= 15 is 0 Å². The monoisotopic (exact) mass is 492 g/mol. The van der Waals surface area contributed by atoms with Crippen molar-refractivity contribution in [2.45, 2.75) is 26.4 Å². The summed E-state index contributed by atoms with van der Waals surface area (Å²) in [5.74, 6) is 0.855. The predicted molar refractivity (Wildman–Crippen MR) is 125 cm³/mol. The van der Waals surface area contributed by atoms with E-state index in [2.05, 4.69) is 36.4 Å². The molecule has 0 fully saturated rings. The number of amides is 2. The molecule has 0 aromatic rings. The average Bonchev–Trinajstić information content (AvgIpc) is 2.74. The maximum atomic E-state index is 12.0. The lowest BCUT2D eigenvalue weighted by Crippen LogP contribution is -2.37. The number of nitrogens with one attached hydrogen (secondary N) is 2. The average molecular weight is 493 g/mol. The Labute approximate surface area is 198 Å². The molecule has 12 heteroatoms. The van der Waals surface area contributed by atoms with Crippen molar-refractivity contribution in [3.05, 3.63) is 24.3 Å². The summed E-state index contributed by atoms with van der Waals surface area (Å²) in [5, 5.41) is 4.88. The van der Waals surface area contributed by atoms with Crippen LogP contribution < -0.4 is 10.6 Å². The zero-order chi connectivity index (χ0) is 24.4. The first kappa shape index (κ1) is 29.7. The second-order valence-corrected chi connectivity index (χ2v) is 8.06. The van der Waals surface area contributed by atoms with Gasteiger partial charge < -0.3 is 29.6 Å². The number of rotatable bonds is 16. The predicted octanol–water partition coefficient (Wildman–Crippen LogP) is 2.10. The summed E-state index contributed by atoms with van der Waals surface area (Å²) < 4.78 is 20.1. The van der Waals surface area contributed by atoms with Crippen molar-refractivity contribution >= 4 is 48.5 Å². The number of carbonyl (C=O) groups is 4. The van der Waals surface area contributed by atoms with Gasteiger partial charge in [-0.15, -0.1) is 0 Å². The molecule has 0 aliphatic heterocycles. The number of hydrogen-bond donors (Lipinski definition) is 3. The molecule has 2 N–H and O–H groups in total. The van der Waals surface area contributed by atoms with Crippen molar-refractivity contribution in [1.82, 2.24) is 10.6 Å². The zero-order valence-electron chi connectivity index (χ0n) is 18.5. The Kier molecular flexibility index (Phi) is 16.9. The lowest BCUT2D eigenvalue weighted by molar-refractivity contribution is -0.139. The highest BCUT2D eigenvalue weighted by atomic mass is 32.2. The second-order valence-electron chi connectivity index (χ2n) is 6.46. The third-order valence-corrected chi connectivity index (χ3v) is 4.83. The minimum absolute atomic E-state index is 0.0291. The molecule has 0 saturated heterocycles. The Morgan fingerprint density at radius 1 is 0.906 bits per heavy atom. The van der Waals surface area contributed by atoms with Gasteiger partial charge in [-0.3, -0.25) is 0 Å². The molecular weight excluding hydrogens is 460 g/mol. The van der Waals surface area contributed by atoms with Crippen LogP contribution in [0.2, 0.25) is 0 Å². The number of thioether (sulfide) groups is 1. The van der Waals surface area contributed by atoms with Crippen molar-refractivity contribution in [3.8, 4) is 0 Å². The third-order valence-electron chi connectivity index (χ3n) is 3.33. The van der Waals surface area contributed by atoms with Gasteiger partial charge in [0, 0.05) is 16.9 Å². The van der Waals surface area contributed by atoms with Gasteiger partial charge in [-0.05, 0) is 31.8 Å². The van der Waals surface area contributed by atoms with Gasteiger partial charge in [0.15, 0.2) is 0 Å². The Bertz CT molecular complexity index is 658. The molecule has 0 aromatic carbocycles. The van der Waals surface area contributed by atoms with Crippen LogP contribution in [-0.4, -0.2) is 80.4 Å². The molecule has 0 spiro atoms. The van der Waals surface area contributed by atoms with E-state index in [9.17, 15) is 19.2 Å². The summed E-state index contributed by atoms with van der Waals surface area (Å²) in [6, 6.07) is 0. The van der Waals surface area contributed by atoms with Gasteiger partial charge in [0.25, 0.3) is 0 Å². The van der Waals surface area contributed by atoms with Crippen molar-refractivity contribution in [1.29, 1.82) is 0 Å². The van der Waals surface area contributed by atoms with E-state index in [1.807, 2.05) is 0 Å². The summed E-state index contributed by atoms with van der Waals surface area (Å²) >= 11 is 5.68. The minimum Gasteiger partial charge on any atom is -0.460 e. The number of hydrogen-bond acceptors (Lipinski definition) is 10. The number of esters is 2. The molecule has 0 aliphatic rings. The summed E-state index contributed by atoms with van der Waals surface area (Å²) in [6.07, 6.45) is -1.28. The second kappa shape index (κ2) is 18.3. The van der Waals surface area contributed by atoms with Crippen molar-refractivity contribution in [2.24, 2.45) is 0 Å². The minimum atomic E-state index is -0.738. The topological polar surface area (TPSA) is 129 Å². The van der Waals surface area contributed by atoms with Crippen LogP contribution in [0.1, 0.15) is 20.3 Å². The number of thiol groups is 1. The van der Waals surface area contributed by atoms with Crippen LogP contribution in [-0.2, 0) is 28.5 Å². The first-order chi connectivity index (χ1) is 15.2. The van der Waals surface area contributed by atoms with E-state index in [-0.39, 0.29) is 44.1 Å². The zero-order valence-corrected chi connectivity index (χ0v) is 20.2. The van der Waals surface area contributed by atoms with E-state index in [1.165, 1.54) is 25.6 Å². The molecule has 1 unspecified atom stereocenters. The normalized spacial score (nSPS) is 11.0. The molecule has 0 aromatic heterocycles. The molecule has 0 bridgehead atoms. The molecule has 0 aliphatic carbocycles. The van der Waals surface area contributed by atoms with Crippen LogP contribution in [0.3, 0.4) is 0 Å². The quantitative estimate of drug-likeness (QED) is 0.0975. The van der Waals surface area contributed by atoms with Gasteiger partial charge >= 0.3 is 24.1 Å². The molecule has 10 nitrogen and oxygen atoms in total. The molecule has 182 valence electrons. The third kappa shape index (κ3) is 16.4. The fraction of sp³-hybridized carbons (Fsp3) is 0.600. The highest BCUT2D eigenvalue weighted by molar-refractivity contribution is 7.99. The Morgan fingerprint density at radius 2 is 1.44 bits per heavy atom. The van der Waals surface area contributed by atoms with Gasteiger partial charge in [0.1, 0.15) is 25.9 Å². The summed E-state index contributed by atoms with van der Waals surface area (Å²) in [7, 11) is 0. The van der Waals surface area contributed by atoms with Crippen LogP contribution in [0.15, 0.2) is 24.3 Å². The van der Waals surface area contributed by atoms with E-state index in [1.54, 1.807) is 0 Å². The van der Waals surface area contributed by atoms with Crippen molar-refractivity contribution in [3.63, 3.8) is 0 Å². The summed E-state index contributed by atoms with van der Waals surface area (Å²) in [6.45, 7) is 9.84. The molecule has 32 heavy (non-hydrogen) atoms. The lowest BCUT2D eigenvalue weighted by atomic mass is 10.4. The fourth-order valence-corrected chi connectivity index (χ4v) is 3.06. The molecule has 1 atom stereocenters. The number of carbonyl (C=O) groups excluding carboxylic acids is 4. The largest absolute Gasteiger partial charge is 0.460 e. The van der Waals surface area contributed by atoms with Crippen LogP contribution in [0.4, 0.5) is 9.59 Å². The highest BCUT2D eigenvalue weighted by Crippen LogP contribution is 2.09. The van der Waals surface area contributed by atoms with Gasteiger partial charge in [-0.2, -0.15) is 24.4 Å². The summed E-state index contributed by atoms with van der Waals surface area (Å²) in [5.41, 5.74) is 0.519. The maximum absolute atomic E-state index is 12.0. The molecule has 2 amide bonds. The van der Waals surface area contributed by atoms with E-state index in [0.29, 0.717) is 5.75 Å². The van der Waals surface area contributed by atoms with Crippen LogP contribution in [0.5, 0.6) is 0 Å². The molecule has 0 saturated carbocycles. The van der Waals surface area contributed by atoms with E-state index < -0.39 is 30.2 Å². The molecule has 0 rings (SSSR count). The van der Waals surface area contributed by atoms with Crippen molar-refractivity contribution in [2.75, 3.05) is 50.2 Å². The number of ether oxygens (including phenoxy) is 4.